The molecule has 1 amide bonds. The third-order valence-corrected chi connectivity index (χ3v) is 2.34. The Bertz CT molecular complexity index is 372. The van der Waals surface area contributed by atoms with Crippen LogP contribution in [0.15, 0.2) is 24.3 Å². The summed E-state index contributed by atoms with van der Waals surface area (Å²) in [5.41, 5.74) is 7.80. The Balaban J connectivity index is 3.22. The molecule has 0 unspecified atom stereocenters. The van der Waals surface area contributed by atoms with Gasteiger partial charge in [-0.1, -0.05) is 40.2 Å². The number of primary amides is 1. The molecule has 0 aliphatic heterocycles. The van der Waals surface area contributed by atoms with Gasteiger partial charge in [0.15, 0.2) is 0 Å². The third-order valence-electron chi connectivity index (χ3n) is 1.96. The lowest BCUT2D eigenvalue weighted by Crippen LogP contribution is -2.13. The maximum atomic E-state index is 11.1. The Labute approximate surface area is 91.9 Å². The summed E-state index contributed by atoms with van der Waals surface area (Å²) in [5.74, 6) is -0.386. The predicted molar refractivity (Wildman–Crippen MR) is 62.5 cm³/mol. The third kappa shape index (κ3) is 2.45. The lowest BCUT2D eigenvalue weighted by atomic mass is 10.0. The number of rotatable bonds is 3. The number of benzene rings is 1. The largest absolute Gasteiger partial charge is 0.366 e. The Hall–Kier alpha value is -1.09. The van der Waals surface area contributed by atoms with Gasteiger partial charge in [0.2, 0.25) is 5.91 Å². The van der Waals surface area contributed by atoms with E-state index < -0.39 is 0 Å². The smallest absolute Gasteiger partial charge is 0.249 e. The highest BCUT2D eigenvalue weighted by Crippen LogP contribution is 2.15. The number of allylic oxidation sites excluding steroid dienone is 1. The van der Waals surface area contributed by atoms with Crippen molar-refractivity contribution in [3.05, 3.63) is 41.0 Å². The molecule has 74 valence electrons. The molecule has 0 aromatic heterocycles. The zero-order valence-corrected chi connectivity index (χ0v) is 9.54. The molecule has 0 saturated carbocycles. The van der Waals surface area contributed by atoms with E-state index in [0.29, 0.717) is 5.56 Å². The van der Waals surface area contributed by atoms with Crippen molar-refractivity contribution in [2.75, 3.05) is 5.33 Å². The Kier molecular flexibility index (Phi) is 3.89. The molecule has 0 atom stereocenters. The molecular formula is C11H12BrNO. The van der Waals surface area contributed by atoms with Crippen molar-refractivity contribution < 1.29 is 4.79 Å². The van der Waals surface area contributed by atoms with Crippen molar-refractivity contribution in [3.8, 4) is 0 Å². The number of carbonyl (C=O) groups excluding carboxylic acids is 1. The van der Waals surface area contributed by atoms with Crippen LogP contribution in [-0.4, -0.2) is 11.2 Å². The first-order chi connectivity index (χ1) is 6.66. The predicted octanol–water partition coefficient (Wildman–Crippen LogP) is 2.50. The van der Waals surface area contributed by atoms with E-state index in [-0.39, 0.29) is 5.91 Å². The van der Waals surface area contributed by atoms with E-state index in [1.807, 2.05) is 31.2 Å². The van der Waals surface area contributed by atoms with E-state index in [1.54, 1.807) is 6.07 Å². The lowest BCUT2D eigenvalue weighted by Gasteiger charge is -2.05. The maximum absolute atomic E-state index is 11.1. The first-order valence-electron chi connectivity index (χ1n) is 4.28. The van der Waals surface area contributed by atoms with Gasteiger partial charge in [0.05, 0.1) is 0 Å². The van der Waals surface area contributed by atoms with Crippen molar-refractivity contribution in [2.45, 2.75) is 6.92 Å². The van der Waals surface area contributed by atoms with Gasteiger partial charge in [-0.2, -0.15) is 0 Å². The van der Waals surface area contributed by atoms with Crippen molar-refractivity contribution in [3.63, 3.8) is 0 Å². The second-order valence-corrected chi connectivity index (χ2v) is 3.60. The van der Waals surface area contributed by atoms with Gasteiger partial charge in [-0.25, -0.2) is 0 Å². The fraction of sp³-hybridized carbons (Fsp3) is 0.182. The minimum atomic E-state index is -0.386. The van der Waals surface area contributed by atoms with Crippen LogP contribution in [0.3, 0.4) is 0 Å². The number of hydrogen-bond acceptors (Lipinski definition) is 1. The fourth-order valence-corrected chi connectivity index (χ4v) is 1.47. The first kappa shape index (κ1) is 11.0. The topological polar surface area (TPSA) is 43.1 Å². The van der Waals surface area contributed by atoms with Gasteiger partial charge in [0.25, 0.3) is 0 Å². The van der Waals surface area contributed by atoms with E-state index in [4.69, 9.17) is 5.73 Å². The molecule has 3 heteroatoms. The van der Waals surface area contributed by atoms with Crippen molar-refractivity contribution >= 4 is 27.9 Å². The molecule has 1 rings (SSSR count). The number of aryl methyl sites for hydroxylation is 1. The summed E-state index contributed by atoms with van der Waals surface area (Å²) in [6, 6.07) is 5.53. The maximum Gasteiger partial charge on any atom is 0.249 e. The highest BCUT2D eigenvalue weighted by atomic mass is 79.9. The van der Waals surface area contributed by atoms with Crippen LogP contribution in [0.4, 0.5) is 0 Å². The summed E-state index contributed by atoms with van der Waals surface area (Å²) >= 11 is 3.29. The van der Waals surface area contributed by atoms with Crippen LogP contribution in [-0.2, 0) is 0 Å². The van der Waals surface area contributed by atoms with E-state index in [1.165, 1.54) is 0 Å². The van der Waals surface area contributed by atoms with Crippen LogP contribution in [0.25, 0.3) is 6.08 Å². The fourth-order valence-electron chi connectivity index (χ4n) is 1.28. The molecular weight excluding hydrogens is 242 g/mol. The molecule has 0 aliphatic carbocycles. The summed E-state index contributed by atoms with van der Waals surface area (Å²) in [6.45, 7) is 1.96. The van der Waals surface area contributed by atoms with Gasteiger partial charge < -0.3 is 5.73 Å². The minimum absolute atomic E-state index is 0.386. The van der Waals surface area contributed by atoms with Gasteiger partial charge >= 0.3 is 0 Å². The van der Waals surface area contributed by atoms with E-state index >= 15 is 0 Å². The Morgan fingerprint density at radius 1 is 1.57 bits per heavy atom. The number of alkyl halides is 1. The van der Waals surface area contributed by atoms with Crippen LogP contribution < -0.4 is 5.73 Å². The SMILES string of the molecule is Cc1cccc(C(N)=O)c1C=CCBr. The van der Waals surface area contributed by atoms with Gasteiger partial charge in [-0.05, 0) is 24.1 Å². The van der Waals surface area contributed by atoms with Gasteiger partial charge in [-0.3, -0.25) is 4.79 Å². The standard InChI is InChI=1S/C11H12BrNO/c1-8-4-2-5-10(11(13)14)9(8)6-3-7-12/h2-6H,7H2,1H3,(H2,13,14). The van der Waals surface area contributed by atoms with Gasteiger partial charge in [0, 0.05) is 10.9 Å². The normalized spacial score (nSPS) is 10.7. The molecule has 1 aromatic carbocycles. The average Bonchev–Trinajstić information content (AvgIpc) is 2.15. The minimum Gasteiger partial charge on any atom is -0.366 e. The average molecular weight is 254 g/mol. The number of nitrogens with two attached hydrogens (primary N) is 1. The first-order valence-corrected chi connectivity index (χ1v) is 5.41. The van der Waals surface area contributed by atoms with Crippen molar-refractivity contribution in [2.24, 2.45) is 5.73 Å². The van der Waals surface area contributed by atoms with E-state index in [0.717, 1.165) is 16.5 Å². The quantitative estimate of drug-likeness (QED) is 0.827. The second kappa shape index (κ2) is 4.96. The van der Waals surface area contributed by atoms with E-state index in [9.17, 15) is 4.79 Å². The number of hydrogen-bond donors (Lipinski definition) is 1. The van der Waals surface area contributed by atoms with Crippen LogP contribution in [0, 0.1) is 6.92 Å². The summed E-state index contributed by atoms with van der Waals surface area (Å²) in [4.78, 5) is 11.1. The van der Waals surface area contributed by atoms with Gasteiger partial charge in [0.1, 0.15) is 0 Å². The molecule has 0 heterocycles. The van der Waals surface area contributed by atoms with Crippen LogP contribution in [0.1, 0.15) is 21.5 Å². The highest BCUT2D eigenvalue weighted by Gasteiger charge is 2.06. The molecule has 0 spiro atoms. The zero-order chi connectivity index (χ0) is 10.6. The molecule has 0 saturated heterocycles. The molecule has 0 fully saturated rings. The Morgan fingerprint density at radius 2 is 2.29 bits per heavy atom. The van der Waals surface area contributed by atoms with Gasteiger partial charge in [-0.15, -0.1) is 0 Å². The highest BCUT2D eigenvalue weighted by molar-refractivity contribution is 9.09. The molecule has 2 nitrogen and oxygen atoms in total. The van der Waals surface area contributed by atoms with Crippen LogP contribution >= 0.6 is 15.9 Å². The monoisotopic (exact) mass is 253 g/mol. The van der Waals surface area contributed by atoms with Crippen LogP contribution in [0.5, 0.6) is 0 Å². The second-order valence-electron chi connectivity index (χ2n) is 2.96. The summed E-state index contributed by atoms with van der Waals surface area (Å²) < 4.78 is 0. The number of halogens is 1. The number of amides is 1. The molecule has 0 bridgehead atoms. The zero-order valence-electron chi connectivity index (χ0n) is 7.96. The lowest BCUT2D eigenvalue weighted by molar-refractivity contribution is 0.1000. The molecule has 0 aliphatic rings. The molecule has 14 heavy (non-hydrogen) atoms. The Morgan fingerprint density at radius 3 is 2.86 bits per heavy atom. The number of carbonyl (C=O) groups is 1. The van der Waals surface area contributed by atoms with E-state index in [2.05, 4.69) is 15.9 Å². The molecule has 2 N–H and O–H groups in total. The summed E-state index contributed by atoms with van der Waals surface area (Å²) in [6.07, 6.45) is 3.85. The summed E-state index contributed by atoms with van der Waals surface area (Å²) in [5, 5.41) is 0.763. The molecule has 0 radical (unpaired) electrons. The molecule has 1 aromatic rings. The van der Waals surface area contributed by atoms with Crippen molar-refractivity contribution in [1.82, 2.24) is 0 Å². The van der Waals surface area contributed by atoms with Crippen molar-refractivity contribution in [1.29, 1.82) is 0 Å². The summed E-state index contributed by atoms with van der Waals surface area (Å²) in [7, 11) is 0. The van der Waals surface area contributed by atoms with Crippen LogP contribution in [0.2, 0.25) is 0 Å².